The number of sulfonamides is 1. The molecule has 1 aliphatic rings. The van der Waals surface area contributed by atoms with Gasteiger partial charge in [0.15, 0.2) is 0 Å². The summed E-state index contributed by atoms with van der Waals surface area (Å²) in [6, 6.07) is 11.8. The molecule has 1 fully saturated rings. The highest BCUT2D eigenvalue weighted by molar-refractivity contribution is 7.89. The van der Waals surface area contributed by atoms with Crippen molar-refractivity contribution in [2.45, 2.75) is 4.90 Å². The number of benzene rings is 1. The Kier molecular flexibility index (Phi) is 5.98. The average molecular weight is 410 g/mol. The van der Waals surface area contributed by atoms with E-state index < -0.39 is 10.0 Å². The highest BCUT2D eigenvalue weighted by Gasteiger charge is 2.29. The Morgan fingerprint density at radius 3 is 2.37 bits per heavy atom. The lowest BCUT2D eigenvalue weighted by atomic mass is 10.3. The van der Waals surface area contributed by atoms with Gasteiger partial charge in [-0.3, -0.25) is 9.69 Å². The molecular weight excluding hydrogens is 388 g/mol. The molecule has 1 saturated heterocycles. The number of likely N-dealkylation sites (N-methyl/N-ethyl adjacent to an activating group) is 1. The van der Waals surface area contributed by atoms with Crippen LogP contribution in [0.15, 0.2) is 53.6 Å². The number of rotatable bonds is 5. The Hall–Kier alpha value is -2.16. The van der Waals surface area contributed by atoms with Gasteiger partial charge in [0, 0.05) is 18.1 Å². The standard InChI is InChI=1S/C18H21ClN4O3S/c1-21(27(25,26)16-7-5-15(19)6-8-16)14-18(24)23-12-10-22(11-13-23)17-4-2-3-9-20-17/h2-9H,10-14H2,1H3/p+1. The summed E-state index contributed by atoms with van der Waals surface area (Å²) in [6.07, 6.45) is 1.86. The normalized spacial score (nSPS) is 15.2. The molecule has 0 spiro atoms. The van der Waals surface area contributed by atoms with E-state index in [1.807, 2.05) is 24.4 Å². The molecule has 1 aromatic carbocycles. The fraction of sp³-hybridized carbons (Fsp3) is 0.333. The van der Waals surface area contributed by atoms with E-state index in [2.05, 4.69) is 9.88 Å². The van der Waals surface area contributed by atoms with Crippen LogP contribution in [0.3, 0.4) is 0 Å². The number of anilines is 1. The van der Waals surface area contributed by atoms with Crippen molar-refractivity contribution < 1.29 is 18.2 Å². The fourth-order valence-corrected chi connectivity index (χ4v) is 4.19. The van der Waals surface area contributed by atoms with Crippen LogP contribution >= 0.6 is 11.6 Å². The zero-order chi connectivity index (χ0) is 19.4. The minimum Gasteiger partial charge on any atom is -0.334 e. The maximum atomic E-state index is 12.6. The van der Waals surface area contributed by atoms with E-state index >= 15 is 0 Å². The predicted molar refractivity (Wildman–Crippen MR) is 103 cm³/mol. The van der Waals surface area contributed by atoms with Crippen LogP contribution in [-0.2, 0) is 14.8 Å². The second kappa shape index (κ2) is 8.24. The topological polar surface area (TPSA) is 75.1 Å². The third-order valence-electron chi connectivity index (χ3n) is 4.55. The number of amides is 1. The van der Waals surface area contributed by atoms with Crippen LogP contribution in [0.25, 0.3) is 0 Å². The van der Waals surface area contributed by atoms with Gasteiger partial charge in [-0.2, -0.15) is 4.31 Å². The van der Waals surface area contributed by atoms with Crippen LogP contribution in [0, 0.1) is 0 Å². The number of nitrogens with one attached hydrogen (secondary N) is 1. The highest BCUT2D eigenvalue weighted by Crippen LogP contribution is 2.18. The molecule has 7 nitrogen and oxygen atoms in total. The summed E-state index contributed by atoms with van der Waals surface area (Å²) in [6.45, 7) is 2.30. The van der Waals surface area contributed by atoms with Crippen LogP contribution in [0.4, 0.5) is 5.82 Å². The molecular formula is C18H22ClN4O3S+. The second-order valence-corrected chi connectivity index (χ2v) is 8.81. The smallest absolute Gasteiger partial charge is 0.274 e. The van der Waals surface area contributed by atoms with Gasteiger partial charge in [0.1, 0.15) is 13.1 Å². The first kappa shape index (κ1) is 19.6. The summed E-state index contributed by atoms with van der Waals surface area (Å²) in [4.78, 5) is 19.7. The molecule has 2 heterocycles. The zero-order valence-electron chi connectivity index (χ0n) is 15.0. The molecule has 0 unspecified atom stereocenters. The second-order valence-electron chi connectivity index (χ2n) is 6.33. The maximum Gasteiger partial charge on any atom is 0.274 e. The molecule has 0 saturated carbocycles. The number of halogens is 1. The molecule has 0 atom stereocenters. The molecule has 0 bridgehead atoms. The van der Waals surface area contributed by atoms with Gasteiger partial charge in [-0.05, 0) is 30.3 Å². The number of H-pyrrole nitrogens is 1. The first-order valence-electron chi connectivity index (χ1n) is 8.59. The summed E-state index contributed by atoms with van der Waals surface area (Å²) in [5, 5.41) is 0.459. The van der Waals surface area contributed by atoms with Crippen molar-refractivity contribution in [2.75, 3.05) is 44.7 Å². The lowest BCUT2D eigenvalue weighted by Gasteiger charge is -2.32. The van der Waals surface area contributed by atoms with E-state index in [-0.39, 0.29) is 17.3 Å². The largest absolute Gasteiger partial charge is 0.334 e. The molecule has 9 heteroatoms. The first-order chi connectivity index (χ1) is 12.9. The van der Waals surface area contributed by atoms with Gasteiger partial charge < -0.3 is 4.90 Å². The minimum absolute atomic E-state index is 0.117. The van der Waals surface area contributed by atoms with Crippen molar-refractivity contribution in [3.8, 4) is 0 Å². The van der Waals surface area contributed by atoms with Crippen molar-refractivity contribution >= 4 is 33.3 Å². The lowest BCUT2D eigenvalue weighted by Crippen LogP contribution is -2.52. The number of carbonyl (C=O) groups is 1. The highest BCUT2D eigenvalue weighted by atomic mass is 35.5. The fourth-order valence-electron chi connectivity index (χ4n) is 2.94. The van der Waals surface area contributed by atoms with Crippen molar-refractivity contribution in [1.29, 1.82) is 0 Å². The van der Waals surface area contributed by atoms with Gasteiger partial charge >= 0.3 is 0 Å². The van der Waals surface area contributed by atoms with Crippen LogP contribution in [0.2, 0.25) is 5.02 Å². The van der Waals surface area contributed by atoms with E-state index in [9.17, 15) is 13.2 Å². The molecule has 1 amide bonds. The SMILES string of the molecule is CN(CC(=O)N1CCN(c2cccc[nH+]2)CC1)S(=O)(=O)c1ccc(Cl)cc1. The number of aromatic amines is 1. The molecule has 3 rings (SSSR count). The number of hydrogen-bond acceptors (Lipinski definition) is 4. The Morgan fingerprint density at radius 1 is 1.11 bits per heavy atom. The van der Waals surface area contributed by atoms with E-state index in [4.69, 9.17) is 11.6 Å². The Balaban J connectivity index is 1.58. The zero-order valence-corrected chi connectivity index (χ0v) is 16.6. The number of hydrogen-bond donors (Lipinski definition) is 0. The van der Waals surface area contributed by atoms with Crippen molar-refractivity contribution in [2.24, 2.45) is 0 Å². The Bertz CT molecular complexity index is 883. The summed E-state index contributed by atoms with van der Waals surface area (Å²) in [5.41, 5.74) is 0. The molecule has 2 aromatic rings. The van der Waals surface area contributed by atoms with Gasteiger partial charge in [-0.1, -0.05) is 17.7 Å². The number of pyridine rings is 1. The van der Waals surface area contributed by atoms with Crippen LogP contribution < -0.4 is 9.88 Å². The van der Waals surface area contributed by atoms with Crippen molar-refractivity contribution in [1.82, 2.24) is 9.21 Å². The molecule has 1 aromatic heterocycles. The van der Waals surface area contributed by atoms with E-state index in [1.54, 1.807) is 4.90 Å². The minimum atomic E-state index is -3.73. The molecule has 0 radical (unpaired) electrons. The lowest BCUT2D eigenvalue weighted by molar-refractivity contribution is -0.364. The van der Waals surface area contributed by atoms with Gasteiger partial charge in [0.25, 0.3) is 5.82 Å². The van der Waals surface area contributed by atoms with E-state index in [1.165, 1.54) is 31.3 Å². The van der Waals surface area contributed by atoms with Crippen molar-refractivity contribution in [3.05, 3.63) is 53.7 Å². The van der Waals surface area contributed by atoms with Crippen molar-refractivity contribution in [3.63, 3.8) is 0 Å². The van der Waals surface area contributed by atoms with Gasteiger partial charge in [0.05, 0.1) is 30.7 Å². The van der Waals surface area contributed by atoms with Gasteiger partial charge in [-0.25, -0.2) is 13.4 Å². The van der Waals surface area contributed by atoms with Crippen LogP contribution in [-0.4, -0.2) is 63.3 Å². The number of aromatic nitrogens is 1. The van der Waals surface area contributed by atoms with Gasteiger partial charge in [-0.15, -0.1) is 0 Å². The number of piperazine rings is 1. The molecule has 27 heavy (non-hydrogen) atoms. The first-order valence-corrected chi connectivity index (χ1v) is 10.4. The summed E-state index contributed by atoms with van der Waals surface area (Å²) in [5.74, 6) is 0.804. The van der Waals surface area contributed by atoms with E-state index in [0.717, 1.165) is 10.1 Å². The summed E-state index contributed by atoms with van der Waals surface area (Å²) >= 11 is 5.81. The third kappa shape index (κ3) is 4.58. The third-order valence-corrected chi connectivity index (χ3v) is 6.62. The monoisotopic (exact) mass is 409 g/mol. The molecule has 1 aliphatic heterocycles. The molecule has 0 aliphatic carbocycles. The van der Waals surface area contributed by atoms with E-state index in [0.29, 0.717) is 31.2 Å². The summed E-state index contributed by atoms with van der Waals surface area (Å²) in [7, 11) is -2.32. The average Bonchev–Trinajstić information content (AvgIpc) is 2.69. The molecule has 1 N–H and O–H groups in total. The number of carbonyl (C=O) groups excluding carboxylic acids is 1. The Morgan fingerprint density at radius 2 is 1.78 bits per heavy atom. The summed E-state index contributed by atoms with van der Waals surface area (Å²) < 4.78 is 26.3. The predicted octanol–water partition coefficient (Wildman–Crippen LogP) is 1.12. The Labute approximate surface area is 164 Å². The van der Waals surface area contributed by atoms with Crippen LogP contribution in [0.5, 0.6) is 0 Å². The quantitative estimate of drug-likeness (QED) is 0.741. The molecule has 144 valence electrons. The maximum absolute atomic E-state index is 12.6. The number of nitrogens with zero attached hydrogens (tertiary/aromatic N) is 3. The van der Waals surface area contributed by atoms with Crippen LogP contribution in [0.1, 0.15) is 0 Å². The van der Waals surface area contributed by atoms with Gasteiger partial charge in [0.2, 0.25) is 15.9 Å².